The number of methoxy groups -OCH3 is 2. The molecule has 31 heavy (non-hydrogen) atoms. The first-order chi connectivity index (χ1) is 14.8. The number of cyclic esters (lactones) is 1. The number of carbonyl (C=O) groups is 1. The van der Waals surface area contributed by atoms with Crippen LogP contribution in [0.25, 0.3) is 0 Å². The van der Waals surface area contributed by atoms with Crippen molar-refractivity contribution >= 4 is 5.97 Å². The Hall–Kier alpha value is -4.08. The van der Waals surface area contributed by atoms with E-state index in [1.54, 1.807) is 0 Å². The van der Waals surface area contributed by atoms with Gasteiger partial charge in [-0.1, -0.05) is 18.2 Å². The lowest BCUT2D eigenvalue weighted by atomic mass is 9.99. The smallest absolute Gasteiger partial charge is 0.343 e. The quantitative estimate of drug-likeness (QED) is 0.594. The number of fused-ring (bicyclic) bond motifs is 1. The zero-order valence-electron chi connectivity index (χ0n) is 16.5. The summed E-state index contributed by atoms with van der Waals surface area (Å²) < 4.78 is 29.9. The number of hydrogen-bond acceptors (Lipinski definition) is 7. The Balaban J connectivity index is 1.85. The molecule has 2 heterocycles. The average molecular weight is 428 g/mol. The van der Waals surface area contributed by atoms with Crippen molar-refractivity contribution in [2.45, 2.75) is 12.6 Å². The summed E-state index contributed by atoms with van der Waals surface area (Å²) >= 11 is 0. The molecule has 0 unspecified atom stereocenters. The third-order valence-corrected chi connectivity index (χ3v) is 5.01. The monoisotopic (exact) mass is 428 g/mol. The van der Waals surface area contributed by atoms with E-state index in [9.17, 15) is 23.9 Å². The molecule has 0 saturated carbocycles. The van der Waals surface area contributed by atoms with Crippen LogP contribution in [0.3, 0.4) is 0 Å². The number of carbonyl (C=O) groups excluding carboxylic acids is 1. The summed E-state index contributed by atoms with van der Waals surface area (Å²) in [5.41, 5.74) is -1.25. The van der Waals surface area contributed by atoms with Crippen molar-refractivity contribution in [1.82, 2.24) is 9.55 Å². The molecular weight excluding hydrogens is 411 g/mol. The van der Waals surface area contributed by atoms with Crippen LogP contribution in [-0.4, -0.2) is 34.8 Å². The van der Waals surface area contributed by atoms with Crippen molar-refractivity contribution in [3.8, 4) is 17.4 Å². The molecule has 0 radical (unpaired) electrons. The molecule has 2 aromatic carbocycles. The molecule has 10 heteroatoms. The summed E-state index contributed by atoms with van der Waals surface area (Å²) in [4.78, 5) is 39.6. The fourth-order valence-corrected chi connectivity index (χ4v) is 3.55. The van der Waals surface area contributed by atoms with Gasteiger partial charge < -0.3 is 19.3 Å². The fourth-order valence-electron chi connectivity index (χ4n) is 3.55. The lowest BCUT2D eigenvalue weighted by molar-refractivity contribution is 0.0446. The van der Waals surface area contributed by atoms with Gasteiger partial charge in [-0.2, -0.15) is 0 Å². The molecule has 3 aromatic rings. The molecule has 0 bridgehead atoms. The number of nitrogens with zero attached hydrogens (tertiary/aromatic N) is 1. The van der Waals surface area contributed by atoms with Crippen molar-refractivity contribution in [3.63, 3.8) is 0 Å². The molecule has 0 spiro atoms. The summed E-state index contributed by atoms with van der Waals surface area (Å²) in [6.07, 6.45) is -1.27. The first-order valence-corrected chi connectivity index (χ1v) is 9.12. The summed E-state index contributed by atoms with van der Waals surface area (Å²) in [7, 11) is 2.76. The minimum atomic E-state index is -1.27. The number of rotatable bonds is 5. The summed E-state index contributed by atoms with van der Waals surface area (Å²) in [6.45, 7) is -0.145. The van der Waals surface area contributed by atoms with Gasteiger partial charge in [0.15, 0.2) is 17.6 Å². The summed E-state index contributed by atoms with van der Waals surface area (Å²) in [5.74, 6) is -1.48. The van der Waals surface area contributed by atoms with E-state index in [1.807, 2.05) is 0 Å². The van der Waals surface area contributed by atoms with E-state index in [-0.39, 0.29) is 29.0 Å². The van der Waals surface area contributed by atoms with Crippen LogP contribution in [0.2, 0.25) is 0 Å². The van der Waals surface area contributed by atoms with E-state index >= 15 is 0 Å². The van der Waals surface area contributed by atoms with E-state index in [0.717, 1.165) is 4.57 Å². The number of aromatic nitrogens is 2. The molecule has 2 N–H and O–H groups in total. The van der Waals surface area contributed by atoms with Gasteiger partial charge in [0.1, 0.15) is 16.9 Å². The number of aromatic amines is 1. The summed E-state index contributed by atoms with van der Waals surface area (Å²) in [6, 6.07) is 8.34. The second-order valence-corrected chi connectivity index (χ2v) is 6.76. The Morgan fingerprint density at radius 2 is 1.81 bits per heavy atom. The normalized spacial score (nSPS) is 14.8. The van der Waals surface area contributed by atoms with Crippen molar-refractivity contribution in [3.05, 3.63) is 85.3 Å². The zero-order chi connectivity index (χ0) is 22.3. The van der Waals surface area contributed by atoms with Gasteiger partial charge in [0, 0.05) is 5.56 Å². The highest BCUT2D eigenvalue weighted by Crippen LogP contribution is 2.44. The van der Waals surface area contributed by atoms with Crippen LogP contribution in [0.4, 0.5) is 4.39 Å². The number of esters is 1. The van der Waals surface area contributed by atoms with Crippen LogP contribution in [0.15, 0.2) is 46.0 Å². The lowest BCUT2D eigenvalue weighted by Crippen LogP contribution is -2.33. The molecule has 9 nitrogen and oxygen atoms in total. The summed E-state index contributed by atoms with van der Waals surface area (Å²) in [5, 5.41) is 10.8. The molecule has 0 amide bonds. The maximum absolute atomic E-state index is 13.2. The van der Waals surface area contributed by atoms with Crippen LogP contribution >= 0.6 is 0 Å². The predicted molar refractivity (Wildman–Crippen MR) is 105 cm³/mol. The minimum absolute atomic E-state index is 0.0573. The van der Waals surface area contributed by atoms with Crippen molar-refractivity contribution in [1.29, 1.82) is 0 Å². The highest BCUT2D eigenvalue weighted by atomic mass is 19.1. The van der Waals surface area contributed by atoms with Crippen molar-refractivity contribution in [2.75, 3.05) is 14.2 Å². The first kappa shape index (κ1) is 20.2. The van der Waals surface area contributed by atoms with Gasteiger partial charge in [0.05, 0.1) is 20.8 Å². The highest BCUT2D eigenvalue weighted by Gasteiger charge is 2.40. The largest absolute Gasteiger partial charge is 0.494 e. The molecule has 0 saturated heterocycles. The van der Waals surface area contributed by atoms with Gasteiger partial charge in [-0.3, -0.25) is 14.3 Å². The molecule has 4 rings (SSSR count). The van der Waals surface area contributed by atoms with Gasteiger partial charge in [-0.25, -0.2) is 14.0 Å². The number of ether oxygens (including phenoxy) is 3. The molecule has 1 atom stereocenters. The zero-order valence-corrected chi connectivity index (χ0v) is 16.5. The molecule has 1 aromatic heterocycles. The second kappa shape index (κ2) is 7.63. The van der Waals surface area contributed by atoms with Crippen LogP contribution < -0.4 is 20.7 Å². The third-order valence-electron chi connectivity index (χ3n) is 5.01. The number of H-pyrrole nitrogens is 1. The molecular formula is C21H17FN2O7. The van der Waals surface area contributed by atoms with Crippen molar-refractivity contribution in [2.24, 2.45) is 0 Å². The Morgan fingerprint density at radius 3 is 2.45 bits per heavy atom. The molecule has 160 valence electrons. The highest BCUT2D eigenvalue weighted by molar-refractivity contribution is 5.98. The van der Waals surface area contributed by atoms with Crippen LogP contribution in [0, 0.1) is 5.82 Å². The Kier molecular flexibility index (Phi) is 4.97. The molecule has 1 aliphatic rings. The van der Waals surface area contributed by atoms with Gasteiger partial charge >= 0.3 is 11.7 Å². The van der Waals surface area contributed by atoms with Gasteiger partial charge in [-0.05, 0) is 23.8 Å². The number of nitrogens with one attached hydrogen (secondary N) is 1. The lowest BCUT2D eigenvalue weighted by Gasteiger charge is -2.16. The SMILES string of the molecule is COc1ccc2c(c1OC)C(=O)O[C@@H]2c1c(O)n(Cc2ccc(F)cc2)c(=O)[nH]c1=O. The van der Waals surface area contributed by atoms with Crippen LogP contribution in [0.1, 0.15) is 33.2 Å². The van der Waals surface area contributed by atoms with E-state index in [2.05, 4.69) is 4.98 Å². The van der Waals surface area contributed by atoms with Crippen molar-refractivity contribution < 1.29 is 28.5 Å². The van der Waals surface area contributed by atoms with Gasteiger partial charge in [0.2, 0.25) is 5.88 Å². The Morgan fingerprint density at radius 1 is 1.10 bits per heavy atom. The van der Waals surface area contributed by atoms with E-state index in [4.69, 9.17) is 14.2 Å². The van der Waals surface area contributed by atoms with Gasteiger partial charge in [-0.15, -0.1) is 0 Å². The predicted octanol–water partition coefficient (Wildman–Crippen LogP) is 1.71. The van der Waals surface area contributed by atoms with Crippen LogP contribution in [-0.2, 0) is 11.3 Å². The molecule has 1 aliphatic heterocycles. The van der Waals surface area contributed by atoms with Gasteiger partial charge in [0.25, 0.3) is 5.56 Å². The van der Waals surface area contributed by atoms with E-state index in [0.29, 0.717) is 11.3 Å². The van der Waals surface area contributed by atoms with E-state index in [1.165, 1.54) is 50.6 Å². The topological polar surface area (TPSA) is 120 Å². The van der Waals surface area contributed by atoms with E-state index < -0.39 is 35.0 Å². The fraction of sp³-hybridized carbons (Fsp3) is 0.190. The maximum Gasteiger partial charge on any atom is 0.343 e. The number of aromatic hydroxyl groups is 1. The Bertz CT molecular complexity index is 1290. The molecule has 0 aliphatic carbocycles. The third kappa shape index (κ3) is 3.31. The first-order valence-electron chi connectivity index (χ1n) is 9.12. The maximum atomic E-state index is 13.2. The standard InChI is InChI=1S/C21H17FN2O7/c1-29-13-8-7-12-14(17(13)30-2)20(27)31-16(12)15-18(25)23-21(28)24(19(15)26)9-10-3-5-11(22)6-4-10/h3-8,16,26H,9H2,1-2H3,(H,23,25,28)/t16-/m0/s1. The number of benzene rings is 2. The molecule has 0 fully saturated rings. The second-order valence-electron chi connectivity index (χ2n) is 6.76. The average Bonchev–Trinajstić information content (AvgIpc) is 3.07. The number of hydrogen-bond donors (Lipinski definition) is 2. The number of halogens is 1. The Labute approximate surface area is 174 Å². The van der Waals surface area contributed by atoms with Crippen LogP contribution in [0.5, 0.6) is 17.4 Å². The minimum Gasteiger partial charge on any atom is -0.494 e.